The summed E-state index contributed by atoms with van der Waals surface area (Å²) in [5.74, 6) is 0. The third kappa shape index (κ3) is 6.61. The van der Waals surface area contributed by atoms with Gasteiger partial charge in [-0.1, -0.05) is 12.2 Å². The fraction of sp³-hybridized carbons (Fsp3) is 0.250. The fourth-order valence-electron chi connectivity index (χ4n) is 0.363. The first-order valence-corrected chi connectivity index (χ1v) is 3.52. The van der Waals surface area contributed by atoms with Crippen LogP contribution in [0.15, 0.2) is 24.7 Å². The molecule has 0 rings (SSSR count). The second-order valence-electron chi connectivity index (χ2n) is 1.78. The van der Waals surface area contributed by atoms with E-state index in [1.165, 1.54) is 12.2 Å². The van der Waals surface area contributed by atoms with E-state index < -0.39 is 12.3 Å². The van der Waals surface area contributed by atoms with Crippen molar-refractivity contribution in [2.75, 3.05) is 0 Å². The molecule has 5 nitrogen and oxygen atoms in total. The van der Waals surface area contributed by atoms with Crippen LogP contribution in [-0.4, -0.2) is 12.3 Å². The minimum atomic E-state index is -1.13. The monoisotopic (exact) mass is 186 g/mol. The molecular formula is C8H10O5. The molecule has 0 aromatic heterocycles. The number of carbonyl (C=O) groups excluding carboxylic acids is 2. The molecule has 0 atom stereocenters. The Bertz CT molecular complexity index is 205. The van der Waals surface area contributed by atoms with Gasteiger partial charge in [0.25, 0.3) is 0 Å². The van der Waals surface area contributed by atoms with E-state index in [0.29, 0.717) is 0 Å². The number of rotatable bonds is 2. The van der Waals surface area contributed by atoms with Crippen LogP contribution in [0, 0.1) is 0 Å². The molecule has 0 spiro atoms. The van der Waals surface area contributed by atoms with E-state index in [2.05, 4.69) is 14.2 Å². The van der Waals surface area contributed by atoms with Crippen molar-refractivity contribution in [1.82, 2.24) is 0 Å². The second-order valence-corrected chi connectivity index (χ2v) is 1.78. The largest absolute Gasteiger partial charge is 0.523 e. The molecule has 13 heavy (non-hydrogen) atoms. The molecule has 0 radical (unpaired) electrons. The minimum Gasteiger partial charge on any atom is -0.403 e. The van der Waals surface area contributed by atoms with E-state index in [9.17, 15) is 9.59 Å². The summed E-state index contributed by atoms with van der Waals surface area (Å²) >= 11 is 0. The molecule has 0 aromatic carbocycles. The Morgan fingerprint density at radius 1 is 0.923 bits per heavy atom. The zero-order chi connectivity index (χ0) is 10.1. The van der Waals surface area contributed by atoms with Crippen LogP contribution in [0.25, 0.3) is 0 Å². The first-order chi connectivity index (χ1) is 6.20. The first kappa shape index (κ1) is 11.2. The lowest BCUT2D eigenvalue weighted by molar-refractivity contribution is 0.0714. The second kappa shape index (κ2) is 6.90. The van der Waals surface area contributed by atoms with Gasteiger partial charge in [0.2, 0.25) is 0 Å². The molecule has 0 unspecified atom stereocenters. The van der Waals surface area contributed by atoms with Gasteiger partial charge in [0.05, 0.1) is 12.5 Å². The van der Waals surface area contributed by atoms with Gasteiger partial charge in [0.1, 0.15) is 0 Å². The van der Waals surface area contributed by atoms with Gasteiger partial charge >= 0.3 is 12.3 Å². The molecule has 0 heterocycles. The van der Waals surface area contributed by atoms with E-state index >= 15 is 0 Å². The molecule has 5 heteroatoms. The average Bonchev–Trinajstić information content (AvgIpc) is 2.11. The molecule has 0 saturated carbocycles. The van der Waals surface area contributed by atoms with E-state index in [1.807, 2.05) is 0 Å². The van der Waals surface area contributed by atoms with Gasteiger partial charge in [-0.3, -0.25) is 0 Å². The number of hydrogen-bond donors (Lipinski definition) is 0. The lowest BCUT2D eigenvalue weighted by Gasteiger charge is -1.98. The van der Waals surface area contributed by atoms with Gasteiger partial charge in [-0.05, 0) is 13.8 Å². The lowest BCUT2D eigenvalue weighted by Crippen LogP contribution is -2.10. The van der Waals surface area contributed by atoms with Gasteiger partial charge in [-0.25, -0.2) is 9.59 Å². The molecule has 0 aliphatic rings. The summed E-state index contributed by atoms with van der Waals surface area (Å²) in [6.45, 7) is 3.29. The highest BCUT2D eigenvalue weighted by molar-refractivity contribution is 5.77. The zero-order valence-corrected chi connectivity index (χ0v) is 7.35. The predicted octanol–water partition coefficient (Wildman–Crippen LogP) is 2.34. The van der Waals surface area contributed by atoms with Gasteiger partial charge in [-0.15, -0.1) is 0 Å². The van der Waals surface area contributed by atoms with Crippen molar-refractivity contribution in [3.05, 3.63) is 24.7 Å². The molecule has 0 aliphatic heterocycles. The lowest BCUT2D eigenvalue weighted by atomic mass is 10.7. The highest BCUT2D eigenvalue weighted by Crippen LogP contribution is 1.91. The van der Waals surface area contributed by atoms with E-state index in [1.54, 1.807) is 13.8 Å². The Morgan fingerprint density at radius 3 is 1.62 bits per heavy atom. The standard InChI is InChI=1S/C8H10O5/c1-3-5-11-7(9)13-8(10)12-6-4-2/h3-6H,1-2H3. The fourth-order valence-corrected chi connectivity index (χ4v) is 0.363. The molecule has 0 bridgehead atoms. The normalized spacial score (nSPS) is 10.3. The smallest absolute Gasteiger partial charge is 0.403 e. The topological polar surface area (TPSA) is 61.8 Å². The number of hydrogen-bond acceptors (Lipinski definition) is 5. The maximum atomic E-state index is 10.6. The quantitative estimate of drug-likeness (QED) is 0.376. The van der Waals surface area contributed by atoms with Crippen molar-refractivity contribution >= 4 is 12.3 Å². The molecule has 72 valence electrons. The third-order valence-corrected chi connectivity index (χ3v) is 0.767. The Kier molecular flexibility index (Phi) is 5.96. The third-order valence-electron chi connectivity index (χ3n) is 0.767. The maximum Gasteiger partial charge on any atom is 0.523 e. The molecule has 0 aliphatic carbocycles. The van der Waals surface area contributed by atoms with Crippen LogP contribution in [0.4, 0.5) is 9.59 Å². The van der Waals surface area contributed by atoms with Crippen LogP contribution in [0.5, 0.6) is 0 Å². The van der Waals surface area contributed by atoms with Crippen molar-refractivity contribution in [3.63, 3.8) is 0 Å². The molecule has 0 amide bonds. The molecule has 0 aromatic rings. The summed E-state index contributed by atoms with van der Waals surface area (Å²) in [5, 5.41) is 0. The van der Waals surface area contributed by atoms with Crippen molar-refractivity contribution < 1.29 is 23.8 Å². The Labute approximate surface area is 75.6 Å². The molecular weight excluding hydrogens is 176 g/mol. The number of allylic oxidation sites excluding steroid dienone is 2. The predicted molar refractivity (Wildman–Crippen MR) is 43.7 cm³/mol. The van der Waals surface area contributed by atoms with Crippen LogP contribution in [0.1, 0.15) is 13.8 Å². The van der Waals surface area contributed by atoms with Crippen molar-refractivity contribution in [2.45, 2.75) is 13.8 Å². The van der Waals surface area contributed by atoms with Crippen LogP contribution in [0.3, 0.4) is 0 Å². The zero-order valence-electron chi connectivity index (χ0n) is 7.35. The average molecular weight is 186 g/mol. The maximum absolute atomic E-state index is 10.6. The van der Waals surface area contributed by atoms with Crippen LogP contribution in [-0.2, 0) is 14.2 Å². The highest BCUT2D eigenvalue weighted by Gasteiger charge is 2.10. The summed E-state index contributed by atoms with van der Waals surface area (Å²) in [5.41, 5.74) is 0. The Balaban J connectivity index is 3.71. The van der Waals surface area contributed by atoms with Crippen LogP contribution >= 0.6 is 0 Å². The molecule has 0 fully saturated rings. The Morgan fingerprint density at radius 2 is 1.31 bits per heavy atom. The number of ether oxygens (including phenoxy) is 3. The van der Waals surface area contributed by atoms with Gasteiger partial charge in [-0.2, -0.15) is 0 Å². The number of carbonyl (C=O) groups is 2. The van der Waals surface area contributed by atoms with Gasteiger partial charge in [0, 0.05) is 0 Å². The van der Waals surface area contributed by atoms with Crippen LogP contribution in [0.2, 0.25) is 0 Å². The van der Waals surface area contributed by atoms with E-state index in [0.717, 1.165) is 12.5 Å². The molecule has 0 saturated heterocycles. The van der Waals surface area contributed by atoms with E-state index in [4.69, 9.17) is 0 Å². The summed E-state index contributed by atoms with van der Waals surface area (Å²) < 4.78 is 12.6. The summed E-state index contributed by atoms with van der Waals surface area (Å²) in [6, 6.07) is 0. The van der Waals surface area contributed by atoms with E-state index in [-0.39, 0.29) is 0 Å². The van der Waals surface area contributed by atoms with Crippen molar-refractivity contribution in [2.24, 2.45) is 0 Å². The highest BCUT2D eigenvalue weighted by atomic mass is 16.8. The van der Waals surface area contributed by atoms with Crippen molar-refractivity contribution in [1.29, 1.82) is 0 Å². The van der Waals surface area contributed by atoms with Gasteiger partial charge < -0.3 is 14.2 Å². The summed E-state index contributed by atoms with van der Waals surface area (Å²) in [4.78, 5) is 21.1. The molecule has 0 N–H and O–H groups in total. The van der Waals surface area contributed by atoms with Crippen molar-refractivity contribution in [3.8, 4) is 0 Å². The van der Waals surface area contributed by atoms with Gasteiger partial charge in [0.15, 0.2) is 0 Å². The Hall–Kier alpha value is -1.78. The first-order valence-electron chi connectivity index (χ1n) is 3.52. The summed E-state index contributed by atoms with van der Waals surface area (Å²) in [6.07, 6.45) is 2.85. The van der Waals surface area contributed by atoms with Crippen LogP contribution < -0.4 is 0 Å². The SMILES string of the molecule is CC=COC(=O)OC(=O)OC=CC. The summed E-state index contributed by atoms with van der Waals surface area (Å²) in [7, 11) is 0. The minimum absolute atomic E-state index is 1.09.